The standard InChI is InChI=1S/C12H11ClN4O/c13-9-6-15-7-10(16-9)17-11(12(14)18)8-4-2-1-3-5-8/h1-7,11H,(H2,14,18)(H,16,17)/t11-/m0/s1. The third kappa shape index (κ3) is 2.95. The lowest BCUT2D eigenvalue weighted by Crippen LogP contribution is -2.28. The third-order valence-corrected chi connectivity index (χ3v) is 2.50. The molecule has 2 aromatic rings. The number of nitrogens with one attached hydrogen (secondary N) is 1. The Balaban J connectivity index is 2.25. The van der Waals surface area contributed by atoms with Crippen LogP contribution in [-0.2, 0) is 4.79 Å². The Morgan fingerprint density at radius 1 is 1.28 bits per heavy atom. The molecule has 0 fully saturated rings. The summed E-state index contributed by atoms with van der Waals surface area (Å²) in [4.78, 5) is 19.4. The number of nitrogens with two attached hydrogens (primary N) is 1. The first-order valence-electron chi connectivity index (χ1n) is 5.25. The molecule has 5 nitrogen and oxygen atoms in total. The van der Waals surface area contributed by atoms with Crippen LogP contribution in [0.5, 0.6) is 0 Å². The molecule has 18 heavy (non-hydrogen) atoms. The highest BCUT2D eigenvalue weighted by Crippen LogP contribution is 2.18. The number of halogens is 1. The van der Waals surface area contributed by atoms with Gasteiger partial charge in [0.05, 0.1) is 12.4 Å². The Labute approximate surface area is 109 Å². The fourth-order valence-electron chi connectivity index (χ4n) is 1.52. The van der Waals surface area contributed by atoms with Crippen molar-refractivity contribution in [1.82, 2.24) is 9.97 Å². The Morgan fingerprint density at radius 2 is 2.00 bits per heavy atom. The van der Waals surface area contributed by atoms with Crippen molar-refractivity contribution in [2.45, 2.75) is 6.04 Å². The molecule has 0 spiro atoms. The number of amides is 1. The molecule has 0 aliphatic carbocycles. The number of rotatable bonds is 4. The first-order chi connectivity index (χ1) is 8.66. The minimum absolute atomic E-state index is 0.247. The van der Waals surface area contributed by atoms with E-state index in [0.29, 0.717) is 5.82 Å². The highest BCUT2D eigenvalue weighted by Gasteiger charge is 2.17. The maximum atomic E-state index is 11.5. The van der Waals surface area contributed by atoms with Gasteiger partial charge in [0.2, 0.25) is 5.91 Å². The van der Waals surface area contributed by atoms with Gasteiger partial charge in [-0.2, -0.15) is 0 Å². The highest BCUT2D eigenvalue weighted by atomic mass is 35.5. The number of carbonyl (C=O) groups excluding carboxylic acids is 1. The molecule has 1 atom stereocenters. The molecule has 1 heterocycles. The zero-order valence-electron chi connectivity index (χ0n) is 9.38. The van der Waals surface area contributed by atoms with Crippen molar-refractivity contribution in [3.05, 3.63) is 53.4 Å². The van der Waals surface area contributed by atoms with Crippen LogP contribution in [0.25, 0.3) is 0 Å². The topological polar surface area (TPSA) is 80.9 Å². The number of benzene rings is 1. The van der Waals surface area contributed by atoms with Gasteiger partial charge in [-0.1, -0.05) is 41.9 Å². The molecule has 0 aliphatic rings. The molecule has 1 aromatic heterocycles. The van der Waals surface area contributed by atoms with Crippen LogP contribution in [0.2, 0.25) is 5.15 Å². The van der Waals surface area contributed by atoms with Crippen LogP contribution in [0.3, 0.4) is 0 Å². The lowest BCUT2D eigenvalue weighted by atomic mass is 10.1. The van der Waals surface area contributed by atoms with Crippen molar-refractivity contribution in [2.75, 3.05) is 5.32 Å². The molecule has 0 bridgehead atoms. The van der Waals surface area contributed by atoms with Crippen LogP contribution in [0.15, 0.2) is 42.7 Å². The van der Waals surface area contributed by atoms with E-state index < -0.39 is 11.9 Å². The van der Waals surface area contributed by atoms with E-state index in [0.717, 1.165) is 5.56 Å². The summed E-state index contributed by atoms with van der Waals surface area (Å²) in [6.07, 6.45) is 2.89. The molecular formula is C12H11ClN4O. The smallest absolute Gasteiger partial charge is 0.244 e. The van der Waals surface area contributed by atoms with Crippen molar-refractivity contribution in [1.29, 1.82) is 0 Å². The molecular weight excluding hydrogens is 252 g/mol. The number of hydrogen-bond donors (Lipinski definition) is 2. The Morgan fingerprint density at radius 3 is 2.61 bits per heavy atom. The molecule has 1 amide bonds. The van der Waals surface area contributed by atoms with Crippen LogP contribution in [-0.4, -0.2) is 15.9 Å². The van der Waals surface area contributed by atoms with E-state index >= 15 is 0 Å². The second-order valence-electron chi connectivity index (χ2n) is 3.62. The Bertz CT molecular complexity index is 547. The van der Waals surface area contributed by atoms with Crippen molar-refractivity contribution < 1.29 is 4.79 Å². The predicted octanol–water partition coefficient (Wildman–Crippen LogP) is 1.77. The quantitative estimate of drug-likeness (QED) is 0.880. The van der Waals surface area contributed by atoms with Gasteiger partial charge >= 0.3 is 0 Å². The summed E-state index contributed by atoms with van der Waals surface area (Å²) < 4.78 is 0. The highest BCUT2D eigenvalue weighted by molar-refractivity contribution is 6.29. The average Bonchev–Trinajstić information content (AvgIpc) is 2.37. The zero-order valence-corrected chi connectivity index (χ0v) is 10.1. The third-order valence-electron chi connectivity index (χ3n) is 2.31. The van der Waals surface area contributed by atoms with E-state index in [9.17, 15) is 4.79 Å². The molecule has 0 radical (unpaired) electrons. The Kier molecular flexibility index (Phi) is 3.74. The summed E-state index contributed by atoms with van der Waals surface area (Å²) in [7, 11) is 0. The predicted molar refractivity (Wildman–Crippen MR) is 69.0 cm³/mol. The molecule has 2 rings (SSSR count). The fraction of sp³-hybridized carbons (Fsp3) is 0.0833. The average molecular weight is 263 g/mol. The lowest BCUT2D eigenvalue weighted by Gasteiger charge is -2.16. The molecule has 0 saturated heterocycles. The number of carbonyl (C=O) groups is 1. The second-order valence-corrected chi connectivity index (χ2v) is 4.00. The number of aromatic nitrogens is 2. The van der Waals surface area contributed by atoms with Gasteiger partial charge in [0.25, 0.3) is 0 Å². The monoisotopic (exact) mass is 262 g/mol. The van der Waals surface area contributed by atoms with Gasteiger partial charge in [-0.3, -0.25) is 9.78 Å². The molecule has 1 aromatic carbocycles. The van der Waals surface area contributed by atoms with Gasteiger partial charge in [-0.15, -0.1) is 0 Å². The lowest BCUT2D eigenvalue weighted by molar-refractivity contribution is -0.118. The fourth-order valence-corrected chi connectivity index (χ4v) is 1.67. The molecule has 3 N–H and O–H groups in total. The second kappa shape index (κ2) is 5.46. The van der Waals surface area contributed by atoms with E-state index in [1.807, 2.05) is 18.2 Å². The van der Waals surface area contributed by atoms with Gasteiger partial charge in [0, 0.05) is 0 Å². The van der Waals surface area contributed by atoms with Crippen LogP contribution in [0.1, 0.15) is 11.6 Å². The van der Waals surface area contributed by atoms with Gasteiger partial charge in [0.15, 0.2) is 0 Å². The first kappa shape index (κ1) is 12.3. The minimum Gasteiger partial charge on any atom is -0.368 e. The van der Waals surface area contributed by atoms with Crippen LogP contribution < -0.4 is 11.1 Å². The summed E-state index contributed by atoms with van der Waals surface area (Å²) in [5.41, 5.74) is 6.13. The van der Waals surface area contributed by atoms with Crippen molar-refractivity contribution >= 4 is 23.3 Å². The largest absolute Gasteiger partial charge is 0.368 e. The Hall–Kier alpha value is -2.14. The van der Waals surface area contributed by atoms with Gasteiger partial charge in [-0.25, -0.2) is 4.98 Å². The van der Waals surface area contributed by atoms with Crippen LogP contribution in [0, 0.1) is 0 Å². The van der Waals surface area contributed by atoms with Crippen LogP contribution in [0.4, 0.5) is 5.82 Å². The van der Waals surface area contributed by atoms with Gasteiger partial charge < -0.3 is 11.1 Å². The molecule has 0 saturated carbocycles. The van der Waals surface area contributed by atoms with Gasteiger partial charge in [-0.05, 0) is 5.56 Å². The normalized spacial score (nSPS) is 11.8. The summed E-state index contributed by atoms with van der Waals surface area (Å²) in [6, 6.07) is 8.47. The van der Waals surface area contributed by atoms with Crippen molar-refractivity contribution in [2.24, 2.45) is 5.73 Å². The summed E-state index contributed by atoms with van der Waals surface area (Å²) in [6.45, 7) is 0. The van der Waals surface area contributed by atoms with E-state index in [4.69, 9.17) is 17.3 Å². The summed E-state index contributed by atoms with van der Waals surface area (Å²) >= 11 is 5.72. The summed E-state index contributed by atoms with van der Waals surface area (Å²) in [5.74, 6) is -0.0990. The number of primary amides is 1. The molecule has 0 unspecified atom stereocenters. The summed E-state index contributed by atoms with van der Waals surface area (Å²) in [5, 5.41) is 3.15. The molecule has 0 aliphatic heterocycles. The number of anilines is 1. The van der Waals surface area contributed by atoms with E-state index in [2.05, 4.69) is 15.3 Å². The molecule has 92 valence electrons. The van der Waals surface area contributed by atoms with E-state index in [1.54, 1.807) is 12.1 Å². The van der Waals surface area contributed by atoms with E-state index in [-0.39, 0.29) is 5.15 Å². The minimum atomic E-state index is -0.668. The maximum absolute atomic E-state index is 11.5. The van der Waals surface area contributed by atoms with Crippen molar-refractivity contribution in [3.63, 3.8) is 0 Å². The number of nitrogens with zero attached hydrogens (tertiary/aromatic N) is 2. The molecule has 6 heteroatoms. The zero-order chi connectivity index (χ0) is 13.0. The van der Waals surface area contributed by atoms with Gasteiger partial charge in [0.1, 0.15) is 17.0 Å². The maximum Gasteiger partial charge on any atom is 0.244 e. The first-order valence-corrected chi connectivity index (χ1v) is 5.63. The van der Waals surface area contributed by atoms with Crippen LogP contribution >= 0.6 is 11.6 Å². The SMILES string of the molecule is NC(=O)[C@@H](Nc1cncc(Cl)n1)c1ccccc1. The van der Waals surface area contributed by atoms with E-state index in [1.165, 1.54) is 12.4 Å². The number of hydrogen-bond acceptors (Lipinski definition) is 4. The van der Waals surface area contributed by atoms with Crippen molar-refractivity contribution in [3.8, 4) is 0 Å².